The van der Waals surface area contributed by atoms with Crippen molar-refractivity contribution in [1.29, 1.82) is 5.26 Å². The van der Waals surface area contributed by atoms with Gasteiger partial charge in [0, 0.05) is 6.54 Å². The number of fused-ring (bicyclic) bond motifs is 1. The molecule has 2 aromatic carbocycles. The molecule has 0 bridgehead atoms. The molecule has 0 spiro atoms. The van der Waals surface area contributed by atoms with E-state index in [4.69, 9.17) is 14.7 Å². The summed E-state index contributed by atoms with van der Waals surface area (Å²) in [6.07, 6.45) is 0.824. The molecule has 0 aliphatic heterocycles. The van der Waals surface area contributed by atoms with Crippen LogP contribution in [0.15, 0.2) is 53.3 Å². The first-order valence-electron chi connectivity index (χ1n) is 9.10. The van der Waals surface area contributed by atoms with Crippen molar-refractivity contribution < 1.29 is 14.3 Å². The van der Waals surface area contributed by atoms with Gasteiger partial charge in [0.2, 0.25) is 0 Å². The Bertz CT molecular complexity index is 1060. The van der Waals surface area contributed by atoms with Crippen molar-refractivity contribution in [2.75, 3.05) is 13.2 Å². The van der Waals surface area contributed by atoms with E-state index in [9.17, 15) is 9.59 Å². The fourth-order valence-corrected chi connectivity index (χ4v) is 2.98. The zero-order valence-corrected chi connectivity index (χ0v) is 15.6. The Morgan fingerprint density at radius 3 is 2.36 bits per heavy atom. The van der Waals surface area contributed by atoms with E-state index in [0.717, 1.165) is 11.9 Å². The predicted octanol–water partition coefficient (Wildman–Crippen LogP) is 2.71. The van der Waals surface area contributed by atoms with E-state index in [1.165, 1.54) is 4.57 Å². The van der Waals surface area contributed by atoms with E-state index in [2.05, 4.69) is 0 Å². The fourth-order valence-electron chi connectivity index (χ4n) is 2.98. The van der Waals surface area contributed by atoms with Crippen LogP contribution in [0.25, 0.3) is 11.0 Å². The van der Waals surface area contributed by atoms with Gasteiger partial charge in [0.25, 0.3) is 0 Å². The SMILES string of the molecule is CCCn1c(=O)n(CC(=O)OCCOc2ccc(C#N)cc2)c2ccccc21. The maximum Gasteiger partial charge on any atom is 0.329 e. The van der Waals surface area contributed by atoms with Gasteiger partial charge in [-0.15, -0.1) is 0 Å². The van der Waals surface area contributed by atoms with Gasteiger partial charge in [-0.05, 0) is 42.8 Å². The lowest BCUT2D eigenvalue weighted by Gasteiger charge is -2.08. The van der Waals surface area contributed by atoms with Crippen molar-refractivity contribution in [2.45, 2.75) is 26.4 Å². The van der Waals surface area contributed by atoms with Crippen LogP contribution in [0.3, 0.4) is 0 Å². The molecule has 0 saturated heterocycles. The van der Waals surface area contributed by atoms with E-state index in [0.29, 0.717) is 23.4 Å². The van der Waals surface area contributed by atoms with Crippen LogP contribution in [0.4, 0.5) is 0 Å². The molecule has 0 saturated carbocycles. The first kappa shape index (κ1) is 19.2. The Hall–Kier alpha value is -3.53. The second-order valence-corrected chi connectivity index (χ2v) is 6.21. The average molecular weight is 379 g/mol. The number of benzene rings is 2. The first-order valence-corrected chi connectivity index (χ1v) is 9.10. The van der Waals surface area contributed by atoms with Gasteiger partial charge < -0.3 is 9.47 Å². The second kappa shape index (κ2) is 8.91. The summed E-state index contributed by atoms with van der Waals surface area (Å²) in [4.78, 5) is 24.8. The lowest BCUT2D eigenvalue weighted by atomic mass is 10.2. The molecule has 1 aromatic heterocycles. The molecule has 0 aliphatic rings. The van der Waals surface area contributed by atoms with Gasteiger partial charge in [-0.2, -0.15) is 5.26 Å². The summed E-state index contributed by atoms with van der Waals surface area (Å²) in [7, 11) is 0. The molecule has 0 atom stereocenters. The van der Waals surface area contributed by atoms with Gasteiger partial charge >= 0.3 is 11.7 Å². The highest BCUT2D eigenvalue weighted by Crippen LogP contribution is 2.14. The minimum Gasteiger partial charge on any atom is -0.490 e. The number of esters is 1. The van der Waals surface area contributed by atoms with E-state index in [1.54, 1.807) is 28.8 Å². The second-order valence-electron chi connectivity index (χ2n) is 6.21. The molecule has 144 valence electrons. The Balaban J connectivity index is 1.58. The normalized spacial score (nSPS) is 10.6. The van der Waals surface area contributed by atoms with Gasteiger partial charge in [-0.1, -0.05) is 19.1 Å². The number of imidazole rings is 1. The van der Waals surface area contributed by atoms with Gasteiger partial charge in [-0.3, -0.25) is 13.9 Å². The number of hydrogen-bond acceptors (Lipinski definition) is 5. The minimum absolute atomic E-state index is 0.0706. The number of rotatable bonds is 8. The number of aromatic nitrogens is 2. The molecule has 28 heavy (non-hydrogen) atoms. The Morgan fingerprint density at radius 2 is 1.71 bits per heavy atom. The quantitative estimate of drug-likeness (QED) is 0.444. The largest absolute Gasteiger partial charge is 0.490 e. The molecule has 0 amide bonds. The van der Waals surface area contributed by atoms with Crippen molar-refractivity contribution in [2.24, 2.45) is 0 Å². The number of carbonyl (C=O) groups excluding carboxylic acids is 1. The predicted molar refractivity (Wildman–Crippen MR) is 104 cm³/mol. The van der Waals surface area contributed by atoms with Gasteiger partial charge in [0.05, 0.1) is 22.7 Å². The number of carbonyl (C=O) groups is 1. The Morgan fingerprint density at radius 1 is 1.04 bits per heavy atom. The summed E-state index contributed by atoms with van der Waals surface area (Å²) in [5.41, 5.74) is 1.86. The van der Waals surface area contributed by atoms with Crippen LogP contribution < -0.4 is 10.4 Å². The lowest BCUT2D eigenvalue weighted by Crippen LogP contribution is -2.28. The maximum atomic E-state index is 12.7. The molecule has 3 aromatic rings. The molecule has 7 nitrogen and oxygen atoms in total. The van der Waals surface area contributed by atoms with Crippen molar-refractivity contribution in [3.05, 3.63) is 64.6 Å². The molecular formula is C21H21N3O4. The number of nitriles is 1. The number of hydrogen-bond donors (Lipinski definition) is 0. The Labute approximate surface area is 162 Å². The monoisotopic (exact) mass is 379 g/mol. The lowest BCUT2D eigenvalue weighted by molar-refractivity contribution is -0.145. The van der Waals surface area contributed by atoms with Crippen LogP contribution in [0.2, 0.25) is 0 Å². The van der Waals surface area contributed by atoms with E-state index >= 15 is 0 Å². The van der Waals surface area contributed by atoms with Gasteiger partial charge in [0.15, 0.2) is 0 Å². The minimum atomic E-state index is -0.495. The average Bonchev–Trinajstić information content (AvgIpc) is 2.98. The highest BCUT2D eigenvalue weighted by atomic mass is 16.6. The van der Waals surface area contributed by atoms with Crippen molar-refractivity contribution in [3.63, 3.8) is 0 Å². The first-order chi connectivity index (χ1) is 13.6. The van der Waals surface area contributed by atoms with Crippen LogP contribution in [-0.2, 0) is 22.6 Å². The fraction of sp³-hybridized carbons (Fsp3) is 0.286. The van der Waals surface area contributed by atoms with Gasteiger partial charge in [-0.25, -0.2) is 4.79 Å². The maximum absolute atomic E-state index is 12.7. The number of nitrogens with zero attached hydrogens (tertiary/aromatic N) is 3. The van der Waals surface area contributed by atoms with E-state index < -0.39 is 5.97 Å². The molecule has 7 heteroatoms. The standard InChI is InChI=1S/C21H21N3O4/c1-2-11-23-18-5-3-4-6-19(18)24(21(23)26)15-20(25)28-13-12-27-17-9-7-16(14-22)8-10-17/h3-10H,2,11-13,15H2,1H3. The van der Waals surface area contributed by atoms with Crippen LogP contribution in [-0.4, -0.2) is 28.3 Å². The summed E-state index contributed by atoms with van der Waals surface area (Å²) < 4.78 is 13.8. The number of aryl methyl sites for hydroxylation is 1. The third-order valence-corrected chi connectivity index (χ3v) is 4.26. The van der Waals surface area contributed by atoms with Crippen molar-refractivity contribution in [3.8, 4) is 11.8 Å². The summed E-state index contributed by atoms with van der Waals surface area (Å²) in [6.45, 7) is 2.71. The molecule has 0 unspecified atom stereocenters. The van der Waals surface area contributed by atoms with Crippen LogP contribution in [0.5, 0.6) is 5.75 Å². The molecular weight excluding hydrogens is 358 g/mol. The molecule has 0 N–H and O–H groups in total. The van der Waals surface area contributed by atoms with Crippen molar-refractivity contribution in [1.82, 2.24) is 9.13 Å². The molecule has 0 fully saturated rings. The zero-order chi connectivity index (χ0) is 19.9. The Kier molecular flexibility index (Phi) is 6.12. The molecule has 1 heterocycles. The molecule has 0 aliphatic carbocycles. The third-order valence-electron chi connectivity index (χ3n) is 4.26. The summed E-state index contributed by atoms with van der Waals surface area (Å²) in [5.74, 6) is 0.0961. The molecule has 0 radical (unpaired) electrons. The van der Waals surface area contributed by atoms with E-state index in [-0.39, 0.29) is 25.4 Å². The van der Waals surface area contributed by atoms with Crippen molar-refractivity contribution >= 4 is 17.0 Å². The number of ether oxygens (including phenoxy) is 2. The number of para-hydroxylation sites is 2. The smallest absolute Gasteiger partial charge is 0.329 e. The molecule has 3 rings (SSSR count). The van der Waals surface area contributed by atoms with Gasteiger partial charge in [0.1, 0.15) is 25.5 Å². The third kappa shape index (κ3) is 4.23. The summed E-state index contributed by atoms with van der Waals surface area (Å²) in [6, 6.07) is 16.1. The van der Waals surface area contributed by atoms with Crippen LogP contribution in [0.1, 0.15) is 18.9 Å². The summed E-state index contributed by atoms with van der Waals surface area (Å²) >= 11 is 0. The van der Waals surface area contributed by atoms with Crippen LogP contribution >= 0.6 is 0 Å². The zero-order valence-electron chi connectivity index (χ0n) is 15.6. The topological polar surface area (TPSA) is 86.2 Å². The highest BCUT2D eigenvalue weighted by Gasteiger charge is 2.15. The van der Waals surface area contributed by atoms with E-state index in [1.807, 2.05) is 37.3 Å². The summed E-state index contributed by atoms with van der Waals surface area (Å²) in [5, 5.41) is 8.77. The van der Waals surface area contributed by atoms with Crippen LogP contribution in [0, 0.1) is 11.3 Å². The highest BCUT2D eigenvalue weighted by molar-refractivity contribution is 5.78.